The number of hydrogen-bond donors (Lipinski definition) is 2. The van der Waals surface area contributed by atoms with E-state index in [4.69, 9.17) is 5.73 Å². The van der Waals surface area contributed by atoms with Gasteiger partial charge in [0.2, 0.25) is 15.8 Å². The van der Waals surface area contributed by atoms with E-state index >= 15 is 0 Å². The molecule has 0 amide bonds. The minimum atomic E-state index is -3.39. The summed E-state index contributed by atoms with van der Waals surface area (Å²) < 4.78 is 55.7. The van der Waals surface area contributed by atoms with Gasteiger partial charge in [0.15, 0.2) is 5.13 Å². The van der Waals surface area contributed by atoms with E-state index in [1.54, 1.807) is 4.31 Å². The standard InChI is InChI=1S/C27H31F2N5O3S2.ClH/c28-21-7-4-8-22(29)23(21)24(35)25-26(30)32-27(38-25)31-20-10-13-34(14-11-20)39(36,37)16-15-33-12-9-19(17-33)18-5-2-1-3-6-18;/h1-8,19-20H,9-17,30H2,(H,31,32);1H. The van der Waals surface area contributed by atoms with Gasteiger partial charge in [-0.25, -0.2) is 26.5 Å². The van der Waals surface area contributed by atoms with Gasteiger partial charge in [0.1, 0.15) is 22.3 Å². The molecule has 0 spiro atoms. The smallest absolute Gasteiger partial charge is 0.215 e. The van der Waals surface area contributed by atoms with Crippen LogP contribution in [0.2, 0.25) is 0 Å². The van der Waals surface area contributed by atoms with Gasteiger partial charge < -0.3 is 16.0 Å². The Morgan fingerprint density at radius 1 is 1.02 bits per heavy atom. The number of carbonyl (C=O) groups is 1. The van der Waals surface area contributed by atoms with Crippen LogP contribution < -0.4 is 11.1 Å². The van der Waals surface area contributed by atoms with Gasteiger partial charge in [0.05, 0.1) is 11.3 Å². The van der Waals surface area contributed by atoms with Crippen molar-refractivity contribution in [2.45, 2.75) is 31.2 Å². The molecule has 3 aromatic rings. The Morgan fingerprint density at radius 3 is 2.38 bits per heavy atom. The Kier molecular flexibility index (Phi) is 9.78. The molecule has 3 N–H and O–H groups in total. The van der Waals surface area contributed by atoms with Crippen LogP contribution in [0.5, 0.6) is 0 Å². The van der Waals surface area contributed by atoms with E-state index in [0.29, 0.717) is 43.5 Å². The van der Waals surface area contributed by atoms with Gasteiger partial charge in [-0.2, -0.15) is 0 Å². The zero-order chi connectivity index (χ0) is 27.6. The topological polar surface area (TPSA) is 109 Å². The fourth-order valence-corrected chi connectivity index (χ4v) is 7.67. The molecule has 0 aliphatic carbocycles. The summed E-state index contributed by atoms with van der Waals surface area (Å²) >= 11 is 0.933. The molecule has 8 nitrogen and oxygen atoms in total. The number of nitrogens with zero attached hydrogens (tertiary/aromatic N) is 3. The first-order valence-electron chi connectivity index (χ1n) is 13.0. The Hall–Kier alpha value is -2.64. The first kappa shape index (κ1) is 30.3. The Balaban J connectivity index is 0.00000370. The number of nitrogens with one attached hydrogen (secondary N) is 1. The maximum absolute atomic E-state index is 14.1. The lowest BCUT2D eigenvalue weighted by molar-refractivity contribution is 0.103. The molecule has 1 aromatic heterocycles. The molecule has 0 bridgehead atoms. The fourth-order valence-electron chi connectivity index (χ4n) is 5.24. The van der Waals surface area contributed by atoms with Gasteiger partial charge in [0.25, 0.3) is 0 Å². The summed E-state index contributed by atoms with van der Waals surface area (Å²) in [6.45, 7) is 3.03. The zero-order valence-electron chi connectivity index (χ0n) is 21.8. The predicted molar refractivity (Wildman–Crippen MR) is 156 cm³/mol. The lowest BCUT2D eigenvalue weighted by Gasteiger charge is -2.32. The van der Waals surface area contributed by atoms with E-state index in [1.165, 1.54) is 11.6 Å². The van der Waals surface area contributed by atoms with E-state index in [2.05, 4.69) is 27.3 Å². The summed E-state index contributed by atoms with van der Waals surface area (Å²) in [5.74, 6) is -2.35. The highest BCUT2D eigenvalue weighted by Crippen LogP contribution is 2.31. The van der Waals surface area contributed by atoms with Gasteiger partial charge in [-0.15, -0.1) is 12.4 Å². The highest BCUT2D eigenvalue weighted by atomic mass is 35.5. The zero-order valence-corrected chi connectivity index (χ0v) is 24.2. The number of nitrogen functional groups attached to an aromatic ring is 1. The minimum absolute atomic E-state index is 0. The molecule has 40 heavy (non-hydrogen) atoms. The Morgan fingerprint density at radius 2 is 1.70 bits per heavy atom. The van der Waals surface area contributed by atoms with E-state index in [1.807, 2.05) is 18.2 Å². The lowest BCUT2D eigenvalue weighted by Crippen LogP contribution is -2.44. The van der Waals surface area contributed by atoms with Crippen LogP contribution in [0.15, 0.2) is 48.5 Å². The Bertz CT molecular complexity index is 1410. The maximum Gasteiger partial charge on any atom is 0.215 e. The highest BCUT2D eigenvalue weighted by molar-refractivity contribution is 7.89. The number of carbonyl (C=O) groups excluding carboxylic acids is 1. The quantitative estimate of drug-likeness (QED) is 0.346. The number of likely N-dealkylation sites (tertiary alicyclic amines) is 1. The number of hydrogen-bond acceptors (Lipinski definition) is 8. The van der Waals surface area contributed by atoms with Crippen molar-refractivity contribution < 1.29 is 22.0 Å². The molecule has 2 saturated heterocycles. The van der Waals surface area contributed by atoms with E-state index in [9.17, 15) is 22.0 Å². The van der Waals surface area contributed by atoms with Crippen LogP contribution >= 0.6 is 23.7 Å². The first-order valence-corrected chi connectivity index (χ1v) is 15.4. The van der Waals surface area contributed by atoms with Crippen LogP contribution in [0.4, 0.5) is 19.7 Å². The van der Waals surface area contributed by atoms with E-state index in [-0.39, 0.29) is 34.9 Å². The molecular weight excluding hydrogens is 580 g/mol. The second-order valence-electron chi connectivity index (χ2n) is 9.99. The first-order chi connectivity index (χ1) is 18.7. The Labute approximate surface area is 243 Å². The molecule has 216 valence electrons. The number of benzene rings is 2. The minimum Gasteiger partial charge on any atom is -0.382 e. The number of aromatic nitrogens is 1. The molecule has 13 heteroatoms. The molecule has 0 saturated carbocycles. The summed E-state index contributed by atoms with van der Waals surface area (Å²) in [5.41, 5.74) is 6.53. The van der Waals surface area contributed by atoms with Gasteiger partial charge in [0, 0.05) is 32.2 Å². The number of rotatable bonds is 9. The lowest BCUT2D eigenvalue weighted by atomic mass is 9.99. The highest BCUT2D eigenvalue weighted by Gasteiger charge is 2.31. The molecule has 2 aromatic carbocycles. The number of ketones is 1. The molecule has 2 aliphatic rings. The summed E-state index contributed by atoms with van der Waals surface area (Å²) in [6, 6.07) is 13.5. The predicted octanol–water partition coefficient (Wildman–Crippen LogP) is 4.35. The van der Waals surface area contributed by atoms with Gasteiger partial charge >= 0.3 is 0 Å². The summed E-state index contributed by atoms with van der Waals surface area (Å²) in [7, 11) is -3.39. The van der Waals surface area contributed by atoms with Crippen LogP contribution in [0.1, 0.15) is 46.0 Å². The summed E-state index contributed by atoms with van der Waals surface area (Å²) in [6.07, 6.45) is 2.15. The SMILES string of the molecule is Cl.Nc1nc(NC2CCN(S(=O)(=O)CCN3CCC(c4ccccc4)C3)CC2)sc1C(=O)c1c(F)cccc1F. The monoisotopic (exact) mass is 611 g/mol. The molecule has 3 heterocycles. The maximum atomic E-state index is 14.1. The number of thiazole rings is 1. The summed E-state index contributed by atoms with van der Waals surface area (Å²) in [5, 5.41) is 3.56. The van der Waals surface area contributed by atoms with E-state index in [0.717, 1.165) is 43.0 Å². The van der Waals surface area contributed by atoms with Crippen molar-refractivity contribution in [1.29, 1.82) is 0 Å². The van der Waals surface area contributed by atoms with Crippen LogP contribution in [0.3, 0.4) is 0 Å². The van der Waals surface area contributed by atoms with Crippen LogP contribution in [0.25, 0.3) is 0 Å². The number of anilines is 2. The van der Waals surface area contributed by atoms with Crippen molar-refractivity contribution in [3.05, 3.63) is 76.2 Å². The normalized spacial score (nSPS) is 18.9. The van der Waals surface area contributed by atoms with Crippen LogP contribution in [-0.4, -0.2) is 72.9 Å². The summed E-state index contributed by atoms with van der Waals surface area (Å²) in [4.78, 5) is 19.1. The third kappa shape index (κ3) is 6.80. The van der Waals surface area contributed by atoms with Crippen molar-refractivity contribution >= 4 is 50.5 Å². The van der Waals surface area contributed by atoms with Crippen molar-refractivity contribution in [1.82, 2.24) is 14.2 Å². The van der Waals surface area contributed by atoms with Crippen molar-refractivity contribution in [2.75, 3.05) is 49.5 Å². The van der Waals surface area contributed by atoms with Gasteiger partial charge in [-0.1, -0.05) is 47.7 Å². The fraction of sp³-hybridized carbons (Fsp3) is 0.407. The number of sulfonamides is 1. The molecular formula is C27H32ClF2N5O3S2. The second kappa shape index (κ2) is 12.9. The molecule has 1 unspecified atom stereocenters. The molecule has 2 fully saturated rings. The van der Waals surface area contributed by atoms with Gasteiger partial charge in [-0.05, 0) is 49.4 Å². The van der Waals surface area contributed by atoms with Gasteiger partial charge in [-0.3, -0.25) is 4.79 Å². The van der Waals surface area contributed by atoms with Crippen LogP contribution in [-0.2, 0) is 10.0 Å². The third-order valence-corrected chi connectivity index (χ3v) is 10.3. The average molecular weight is 612 g/mol. The van der Waals surface area contributed by atoms with Crippen molar-refractivity contribution in [2.24, 2.45) is 0 Å². The van der Waals surface area contributed by atoms with E-state index < -0.39 is 33.0 Å². The molecule has 2 aliphatic heterocycles. The molecule has 0 radical (unpaired) electrons. The largest absolute Gasteiger partial charge is 0.382 e. The van der Waals surface area contributed by atoms with Crippen molar-refractivity contribution in [3.8, 4) is 0 Å². The third-order valence-electron chi connectivity index (χ3n) is 7.43. The van der Waals surface area contributed by atoms with Crippen LogP contribution in [0, 0.1) is 11.6 Å². The van der Waals surface area contributed by atoms with Crippen molar-refractivity contribution in [3.63, 3.8) is 0 Å². The molecule has 5 rings (SSSR count). The second-order valence-corrected chi connectivity index (χ2v) is 13.1. The average Bonchev–Trinajstić information content (AvgIpc) is 3.55. The molecule has 1 atom stereocenters. The number of nitrogens with two attached hydrogens (primary N) is 1. The number of piperidine rings is 1. The number of halogens is 3.